The quantitative estimate of drug-likeness (QED) is 0.0138. The van der Waals surface area contributed by atoms with Crippen molar-refractivity contribution in [2.75, 3.05) is 130 Å². The number of anilines is 1. The van der Waals surface area contributed by atoms with Gasteiger partial charge < -0.3 is 52.5 Å². The van der Waals surface area contributed by atoms with Gasteiger partial charge in [0.25, 0.3) is 40.5 Å². The summed E-state index contributed by atoms with van der Waals surface area (Å²) < 4.78 is 226. The molecule has 0 spiro atoms. The highest BCUT2D eigenvalue weighted by Crippen LogP contribution is 2.54. The number of hydrogen-bond donors (Lipinski definition) is 5. The summed E-state index contributed by atoms with van der Waals surface area (Å²) in [6, 6.07) is 9.31. The second-order valence-electron chi connectivity index (χ2n) is 21.9. The van der Waals surface area contributed by atoms with Crippen molar-refractivity contribution < 1.29 is 117 Å². The Morgan fingerprint density at radius 1 is 0.543 bits per heavy atom. The topological polar surface area (TPSA) is 392 Å². The molecule has 510 valence electrons. The van der Waals surface area contributed by atoms with Crippen molar-refractivity contribution in [2.24, 2.45) is 0 Å². The van der Waals surface area contributed by atoms with Crippen LogP contribution in [0.5, 0.6) is 0 Å². The van der Waals surface area contributed by atoms with E-state index in [0.717, 1.165) is 12.1 Å². The molecule has 2 heterocycles. The lowest BCUT2D eigenvalue weighted by Crippen LogP contribution is -2.33. The van der Waals surface area contributed by atoms with Gasteiger partial charge in [0.15, 0.2) is 5.71 Å². The Balaban J connectivity index is 1.43. The average Bonchev–Trinajstić information content (AvgIpc) is 1.52. The van der Waals surface area contributed by atoms with Crippen LogP contribution in [-0.2, 0) is 104 Å². The van der Waals surface area contributed by atoms with Crippen LogP contribution in [0, 0.1) is 0 Å². The third-order valence-electron chi connectivity index (χ3n) is 15.5. The molecule has 2 unspecified atom stereocenters. The number of benzene rings is 4. The number of rotatable bonds is 42. The fourth-order valence-electron chi connectivity index (χ4n) is 11.2. The Morgan fingerprint density at radius 3 is 1.53 bits per heavy atom. The van der Waals surface area contributed by atoms with Crippen molar-refractivity contribution in [2.45, 2.75) is 89.2 Å². The minimum atomic E-state index is -5.35. The fourth-order valence-corrected chi connectivity index (χ4v) is 14.4. The van der Waals surface area contributed by atoms with Gasteiger partial charge in [0.1, 0.15) is 21.6 Å². The number of carboxylic acids is 1. The summed E-state index contributed by atoms with van der Waals surface area (Å²) in [4.78, 5) is 10.1. The van der Waals surface area contributed by atoms with Gasteiger partial charge >= 0.3 is 5.97 Å². The number of hydrogen-bond acceptors (Lipinski definition) is 21. The Hall–Kier alpha value is -5.47. The van der Waals surface area contributed by atoms with Crippen LogP contribution < -0.4 is 4.90 Å². The predicted molar refractivity (Wildman–Crippen MR) is 338 cm³/mol. The van der Waals surface area contributed by atoms with E-state index in [1.807, 2.05) is 11.8 Å². The summed E-state index contributed by atoms with van der Waals surface area (Å²) in [6.45, 7) is 7.35. The van der Waals surface area contributed by atoms with Crippen LogP contribution in [0.2, 0.25) is 0 Å². The van der Waals surface area contributed by atoms with Gasteiger partial charge in [-0.15, -0.1) is 0 Å². The van der Waals surface area contributed by atoms with E-state index in [-0.39, 0.29) is 113 Å². The summed E-state index contributed by atoms with van der Waals surface area (Å²) >= 11 is 0. The first-order valence-corrected chi connectivity index (χ1v) is 36.6. The lowest BCUT2D eigenvalue weighted by atomic mass is 9.75. The second-order valence-corrected chi connectivity index (χ2v) is 29.0. The molecule has 4 aromatic carbocycles. The molecule has 2 aliphatic heterocycles. The molecule has 5 N–H and O–H groups in total. The molecule has 0 aliphatic carbocycles. The van der Waals surface area contributed by atoms with Crippen LogP contribution in [0.15, 0.2) is 116 Å². The Labute approximate surface area is 537 Å². The molecule has 2 atom stereocenters. The predicted octanol–water partition coefficient (Wildman–Crippen LogP) is 6.42. The number of carbonyl (C=O) groups is 1. The van der Waals surface area contributed by atoms with Crippen LogP contribution >= 0.6 is 0 Å². The lowest BCUT2D eigenvalue weighted by Gasteiger charge is -2.31. The first kappa shape index (κ1) is 75.6. The monoisotopic (exact) mass is 1390 g/mol. The van der Waals surface area contributed by atoms with Gasteiger partial charge in [-0.1, -0.05) is 42.9 Å². The van der Waals surface area contributed by atoms with Gasteiger partial charge in [-0.3, -0.25) is 23.0 Å². The maximum atomic E-state index is 12.9. The minimum absolute atomic E-state index is 0.00789. The standard InChI is InChI=1S/C60H80N2O25S5/c1-59(21-25-82-31-33-86-37-35-84-29-27-80-3)54(61(23-12-8-11-16-56(63)64)50-19-17-46-48(57(50)59)40-44(89(68,69)70)42-52(46)91(74,75)76)14-9-6-5-7-10-15-55-60(2,22-26-83-32-34-87-38-36-85-30-28-81-4)58-49-41-45(90(71,72)73)43-53(92(77,78)79)47(49)18-20-51(58)62(55)24-13-39-88(65,66)67/h5-7,9-10,14-15,17-20,40-43H,8,11-13,16,21-39H2,1-4H3,(H5-,63,64,65,66,67,68,69,70,71,72,73,74,75,76,77,78,79). The molecule has 4 aromatic rings. The van der Waals surface area contributed by atoms with Gasteiger partial charge in [-0.2, -0.15) is 38.2 Å². The largest absolute Gasteiger partial charge is 0.744 e. The smallest absolute Gasteiger partial charge is 0.303 e. The SMILES string of the molecule is COCCOCCOCCOCCC1(C)C(/C=C/C=C/C=C/C=C2/N(CCCCCC(=O)O)c3ccc4c(S(=O)(=O)[O-])cc(S(=O)(=O)O)cc4c3C2(C)CCOCCOCCOCCOC)=[N+](CCCS(=O)(=O)O)c2ccc3c(S(=O)(=O)O)cc(S(=O)(=O)O)cc3c21. The first-order chi connectivity index (χ1) is 43.4. The number of unbranched alkanes of at least 4 members (excludes halogenated alkanes) is 2. The van der Waals surface area contributed by atoms with E-state index in [0.29, 0.717) is 105 Å². The van der Waals surface area contributed by atoms with Gasteiger partial charge in [-0.05, 0) is 104 Å². The third-order valence-corrected chi connectivity index (χ3v) is 19.7. The van der Waals surface area contributed by atoms with Crippen LogP contribution in [0.4, 0.5) is 11.4 Å². The number of ether oxygens (including phenoxy) is 8. The maximum Gasteiger partial charge on any atom is 0.303 e. The molecule has 32 heteroatoms. The molecule has 92 heavy (non-hydrogen) atoms. The zero-order chi connectivity index (χ0) is 67.5. The molecule has 0 saturated carbocycles. The van der Waals surface area contributed by atoms with Crippen LogP contribution in [0.25, 0.3) is 21.5 Å². The normalized spacial score (nSPS) is 17.9. The van der Waals surface area contributed by atoms with Crippen molar-refractivity contribution in [1.82, 2.24) is 0 Å². The molecule has 27 nitrogen and oxygen atoms in total. The molecule has 0 bridgehead atoms. The minimum Gasteiger partial charge on any atom is -0.744 e. The maximum absolute atomic E-state index is 12.9. The molecule has 2 aliphatic rings. The lowest BCUT2D eigenvalue weighted by molar-refractivity contribution is -0.437. The zero-order valence-corrected chi connectivity index (χ0v) is 55.6. The molecule has 0 saturated heterocycles. The number of methoxy groups -OCH3 is 2. The van der Waals surface area contributed by atoms with Crippen molar-refractivity contribution in [3.8, 4) is 0 Å². The molecule has 0 aromatic heterocycles. The summed E-state index contributed by atoms with van der Waals surface area (Å²) in [5.41, 5.74) is 0.283. The summed E-state index contributed by atoms with van der Waals surface area (Å²) in [5.74, 6) is -1.63. The fraction of sp³-hybridized carbons (Fsp3) is 0.500. The molecular formula is C60H80N2O25S5. The Kier molecular flexibility index (Phi) is 27.7. The van der Waals surface area contributed by atoms with Crippen molar-refractivity contribution in [3.63, 3.8) is 0 Å². The van der Waals surface area contributed by atoms with Gasteiger partial charge in [-0.25, -0.2) is 8.42 Å². The zero-order valence-electron chi connectivity index (χ0n) is 51.5. The summed E-state index contributed by atoms with van der Waals surface area (Å²) in [7, 11) is -22.0. The highest BCUT2D eigenvalue weighted by molar-refractivity contribution is 7.87. The van der Waals surface area contributed by atoms with Crippen LogP contribution in [0.3, 0.4) is 0 Å². The Bertz CT molecular complexity index is 4000. The van der Waals surface area contributed by atoms with Gasteiger partial charge in [0, 0.05) is 86.7 Å². The number of allylic oxidation sites excluding steroid dienone is 8. The van der Waals surface area contributed by atoms with Crippen molar-refractivity contribution in [1.29, 1.82) is 0 Å². The van der Waals surface area contributed by atoms with E-state index in [4.69, 9.17) is 37.9 Å². The number of aliphatic carboxylic acids is 1. The van der Waals surface area contributed by atoms with Gasteiger partial charge in [0.05, 0.1) is 105 Å². The first-order valence-electron chi connectivity index (χ1n) is 29.3. The van der Waals surface area contributed by atoms with Crippen LogP contribution in [0.1, 0.15) is 69.9 Å². The Morgan fingerprint density at radius 2 is 1.02 bits per heavy atom. The van der Waals surface area contributed by atoms with E-state index in [1.54, 1.807) is 74.3 Å². The highest BCUT2D eigenvalue weighted by atomic mass is 32.2. The number of nitrogens with zero attached hydrogens (tertiary/aromatic N) is 2. The molecule has 0 radical (unpaired) electrons. The van der Waals surface area contributed by atoms with Crippen molar-refractivity contribution >= 4 is 95.2 Å². The van der Waals surface area contributed by atoms with E-state index in [9.17, 15) is 74.8 Å². The van der Waals surface area contributed by atoms with E-state index in [2.05, 4.69) is 0 Å². The second kappa shape index (κ2) is 33.8. The number of carboxylic acid groups (broad SMARTS) is 1. The molecular weight excluding hydrogens is 1310 g/mol. The van der Waals surface area contributed by atoms with Crippen molar-refractivity contribution in [3.05, 3.63) is 108 Å². The average molecular weight is 1390 g/mol. The third kappa shape index (κ3) is 20.5. The highest BCUT2D eigenvalue weighted by Gasteiger charge is 2.49. The van der Waals surface area contributed by atoms with E-state index < -0.39 is 92.7 Å². The van der Waals surface area contributed by atoms with Gasteiger partial charge in [0.2, 0.25) is 5.69 Å². The van der Waals surface area contributed by atoms with Crippen LogP contribution in [-0.4, -0.2) is 212 Å². The summed E-state index contributed by atoms with van der Waals surface area (Å²) in [6.07, 6.45) is 13.2. The summed E-state index contributed by atoms with van der Waals surface area (Å²) in [5, 5.41) is 9.24. The van der Waals surface area contributed by atoms with E-state index in [1.165, 1.54) is 18.2 Å². The molecule has 6 rings (SSSR count). The number of fused-ring (bicyclic) bond motifs is 6. The molecule has 0 amide bonds. The molecule has 0 fully saturated rings. The van der Waals surface area contributed by atoms with E-state index >= 15 is 0 Å².